The van der Waals surface area contributed by atoms with Crippen LogP contribution in [0.2, 0.25) is 0 Å². The van der Waals surface area contributed by atoms with Gasteiger partial charge < -0.3 is 5.32 Å². The van der Waals surface area contributed by atoms with Crippen molar-refractivity contribution < 1.29 is 0 Å². The second-order valence-electron chi connectivity index (χ2n) is 3.57. The molecule has 0 fully saturated rings. The van der Waals surface area contributed by atoms with Crippen LogP contribution in [0.4, 0.5) is 0 Å². The minimum atomic E-state index is 0.0122. The maximum atomic E-state index is 4.12. The van der Waals surface area contributed by atoms with Crippen molar-refractivity contribution in [2.45, 2.75) is 26.3 Å². The van der Waals surface area contributed by atoms with E-state index in [1.54, 1.807) is 0 Å². The number of nitrogens with zero attached hydrogens (tertiary/aromatic N) is 1. The molecule has 0 saturated carbocycles. The van der Waals surface area contributed by atoms with Gasteiger partial charge in [-0.15, -0.1) is 0 Å². The fourth-order valence-electron chi connectivity index (χ4n) is 1.25. The van der Waals surface area contributed by atoms with E-state index in [0.717, 1.165) is 0 Å². The van der Waals surface area contributed by atoms with Crippen molar-refractivity contribution in [1.29, 1.82) is 0 Å². The second-order valence-corrected chi connectivity index (χ2v) is 3.57. The first kappa shape index (κ1) is 9.20. The van der Waals surface area contributed by atoms with E-state index in [1.807, 2.05) is 25.5 Å². The van der Waals surface area contributed by atoms with Gasteiger partial charge in [0.05, 0.1) is 0 Å². The Morgan fingerprint density at radius 2 is 2.08 bits per heavy atom. The lowest BCUT2D eigenvalue weighted by Gasteiger charge is -2.25. The van der Waals surface area contributed by atoms with E-state index in [4.69, 9.17) is 0 Å². The van der Waals surface area contributed by atoms with Crippen molar-refractivity contribution in [3.63, 3.8) is 0 Å². The Morgan fingerprint density at radius 1 is 1.42 bits per heavy atom. The highest BCUT2D eigenvalue weighted by Crippen LogP contribution is 2.21. The molecule has 1 heterocycles. The van der Waals surface area contributed by atoms with E-state index in [0.29, 0.717) is 0 Å². The van der Waals surface area contributed by atoms with E-state index in [-0.39, 0.29) is 5.54 Å². The quantitative estimate of drug-likeness (QED) is 0.721. The number of rotatable bonds is 2. The predicted molar refractivity (Wildman–Crippen MR) is 51.1 cm³/mol. The van der Waals surface area contributed by atoms with E-state index >= 15 is 0 Å². The van der Waals surface area contributed by atoms with Gasteiger partial charge in [0.2, 0.25) is 0 Å². The number of aryl methyl sites for hydroxylation is 1. The molecule has 0 aliphatic heterocycles. The first-order valence-electron chi connectivity index (χ1n) is 4.18. The van der Waals surface area contributed by atoms with E-state index in [9.17, 15) is 0 Å². The molecule has 1 rings (SSSR count). The van der Waals surface area contributed by atoms with Crippen molar-refractivity contribution in [2.24, 2.45) is 0 Å². The summed E-state index contributed by atoms with van der Waals surface area (Å²) in [5.74, 6) is 0. The Bertz CT molecular complexity index is 266. The molecule has 0 aromatic carbocycles. The molecule has 66 valence electrons. The molecule has 0 aliphatic carbocycles. The molecule has 12 heavy (non-hydrogen) atoms. The zero-order valence-corrected chi connectivity index (χ0v) is 8.18. The van der Waals surface area contributed by atoms with Crippen LogP contribution in [0, 0.1) is 6.92 Å². The van der Waals surface area contributed by atoms with Crippen LogP contribution in [-0.4, -0.2) is 12.0 Å². The van der Waals surface area contributed by atoms with Gasteiger partial charge in [-0.05, 0) is 45.0 Å². The van der Waals surface area contributed by atoms with Crippen LogP contribution >= 0.6 is 0 Å². The summed E-state index contributed by atoms with van der Waals surface area (Å²) in [6.45, 7) is 6.41. The number of aromatic nitrogens is 1. The van der Waals surface area contributed by atoms with E-state index < -0.39 is 0 Å². The van der Waals surface area contributed by atoms with Gasteiger partial charge in [0.1, 0.15) is 0 Å². The number of hydrogen-bond donors (Lipinski definition) is 1. The summed E-state index contributed by atoms with van der Waals surface area (Å²) >= 11 is 0. The molecule has 0 radical (unpaired) electrons. The van der Waals surface area contributed by atoms with Crippen LogP contribution in [0.15, 0.2) is 18.5 Å². The molecule has 0 atom stereocenters. The third-order valence-corrected chi connectivity index (χ3v) is 2.34. The van der Waals surface area contributed by atoms with Crippen LogP contribution < -0.4 is 5.32 Å². The van der Waals surface area contributed by atoms with Gasteiger partial charge >= 0.3 is 0 Å². The van der Waals surface area contributed by atoms with Crippen LogP contribution in [0.1, 0.15) is 25.0 Å². The minimum Gasteiger partial charge on any atom is -0.311 e. The Morgan fingerprint density at radius 3 is 2.58 bits per heavy atom. The van der Waals surface area contributed by atoms with Gasteiger partial charge in [-0.25, -0.2) is 0 Å². The number of pyridine rings is 1. The first-order valence-corrected chi connectivity index (χ1v) is 4.18. The molecule has 0 aliphatic rings. The largest absolute Gasteiger partial charge is 0.311 e. The van der Waals surface area contributed by atoms with Gasteiger partial charge in [0, 0.05) is 17.9 Å². The number of nitrogens with one attached hydrogen (secondary N) is 1. The average Bonchev–Trinajstić information content (AvgIpc) is 2.05. The maximum Gasteiger partial charge on any atom is 0.0392 e. The lowest BCUT2D eigenvalue weighted by molar-refractivity contribution is 0.441. The molecule has 0 saturated heterocycles. The van der Waals surface area contributed by atoms with Crippen molar-refractivity contribution in [1.82, 2.24) is 10.3 Å². The summed E-state index contributed by atoms with van der Waals surface area (Å²) < 4.78 is 0. The van der Waals surface area contributed by atoms with Crippen LogP contribution in [-0.2, 0) is 5.54 Å². The van der Waals surface area contributed by atoms with Crippen LogP contribution in [0.3, 0.4) is 0 Å². The molecule has 2 heteroatoms. The molecule has 0 spiro atoms. The third kappa shape index (κ3) is 1.64. The lowest BCUT2D eigenvalue weighted by Crippen LogP contribution is -2.33. The third-order valence-electron chi connectivity index (χ3n) is 2.34. The summed E-state index contributed by atoms with van der Waals surface area (Å²) in [4.78, 5) is 4.12. The zero-order valence-electron chi connectivity index (χ0n) is 8.18. The summed E-state index contributed by atoms with van der Waals surface area (Å²) in [5.41, 5.74) is 2.55. The number of hydrogen-bond acceptors (Lipinski definition) is 2. The molecule has 2 nitrogen and oxygen atoms in total. The predicted octanol–water partition coefficient (Wildman–Crippen LogP) is 1.84. The van der Waals surface area contributed by atoms with Gasteiger partial charge in [0.15, 0.2) is 0 Å². The fourth-order valence-corrected chi connectivity index (χ4v) is 1.25. The van der Waals surface area contributed by atoms with Crippen LogP contribution in [0.25, 0.3) is 0 Å². The van der Waals surface area contributed by atoms with Crippen LogP contribution in [0.5, 0.6) is 0 Å². The summed E-state index contributed by atoms with van der Waals surface area (Å²) in [6, 6.07) is 2.04. The standard InChI is InChI=1S/C10H16N2/c1-8-5-6-12-7-9(8)10(2,3)11-4/h5-7,11H,1-4H3. The van der Waals surface area contributed by atoms with Crippen molar-refractivity contribution in [3.05, 3.63) is 29.6 Å². The van der Waals surface area contributed by atoms with Gasteiger partial charge in [0.25, 0.3) is 0 Å². The van der Waals surface area contributed by atoms with E-state index in [2.05, 4.69) is 31.1 Å². The lowest BCUT2D eigenvalue weighted by atomic mass is 9.93. The normalized spacial score (nSPS) is 11.7. The Balaban J connectivity index is 3.10. The second kappa shape index (κ2) is 3.23. The molecule has 0 bridgehead atoms. The van der Waals surface area contributed by atoms with Crippen molar-refractivity contribution in [3.8, 4) is 0 Å². The smallest absolute Gasteiger partial charge is 0.0392 e. The highest BCUT2D eigenvalue weighted by Gasteiger charge is 2.19. The topological polar surface area (TPSA) is 24.9 Å². The Hall–Kier alpha value is -0.890. The molecule has 0 amide bonds. The summed E-state index contributed by atoms with van der Waals surface area (Å²) in [5, 5.41) is 3.26. The molecule has 1 aromatic rings. The molecule has 1 aromatic heterocycles. The first-order chi connectivity index (χ1) is 5.58. The zero-order chi connectivity index (χ0) is 9.19. The van der Waals surface area contributed by atoms with Crippen molar-refractivity contribution in [2.75, 3.05) is 7.05 Å². The highest BCUT2D eigenvalue weighted by molar-refractivity contribution is 5.28. The van der Waals surface area contributed by atoms with Gasteiger partial charge in [-0.2, -0.15) is 0 Å². The fraction of sp³-hybridized carbons (Fsp3) is 0.500. The van der Waals surface area contributed by atoms with Crippen molar-refractivity contribution >= 4 is 0 Å². The minimum absolute atomic E-state index is 0.0122. The summed E-state index contributed by atoms with van der Waals surface area (Å²) in [6.07, 6.45) is 3.75. The Labute approximate surface area is 74.0 Å². The Kier molecular flexibility index (Phi) is 2.48. The monoisotopic (exact) mass is 164 g/mol. The van der Waals surface area contributed by atoms with E-state index in [1.165, 1.54) is 11.1 Å². The van der Waals surface area contributed by atoms with Gasteiger partial charge in [-0.1, -0.05) is 0 Å². The highest BCUT2D eigenvalue weighted by atomic mass is 14.9. The molecule has 1 N–H and O–H groups in total. The summed E-state index contributed by atoms with van der Waals surface area (Å²) in [7, 11) is 1.96. The molecular weight excluding hydrogens is 148 g/mol. The molecule has 0 unspecified atom stereocenters. The molecular formula is C10H16N2. The SMILES string of the molecule is CNC(C)(C)c1cnccc1C. The van der Waals surface area contributed by atoms with Gasteiger partial charge in [-0.3, -0.25) is 4.98 Å². The maximum absolute atomic E-state index is 4.12. The average molecular weight is 164 g/mol.